The quantitative estimate of drug-likeness (QED) is 0.575. The van der Waals surface area contributed by atoms with E-state index in [1.807, 2.05) is 17.9 Å². The van der Waals surface area contributed by atoms with Gasteiger partial charge in [0.25, 0.3) is 6.10 Å². The monoisotopic (exact) mass is 503 g/mol. The molecule has 1 amide bonds. The third kappa shape index (κ3) is 6.36. The van der Waals surface area contributed by atoms with Gasteiger partial charge in [0, 0.05) is 62.1 Å². The highest BCUT2D eigenvalue weighted by atomic mass is 35.5. The maximum atomic E-state index is 12.7. The molecule has 0 unspecified atom stereocenters. The van der Waals surface area contributed by atoms with E-state index in [0.29, 0.717) is 37.9 Å². The van der Waals surface area contributed by atoms with Gasteiger partial charge in [0.2, 0.25) is 0 Å². The third-order valence-electron chi connectivity index (χ3n) is 5.58. The molecule has 2 saturated heterocycles. The van der Waals surface area contributed by atoms with Crippen LogP contribution >= 0.6 is 11.6 Å². The lowest BCUT2D eigenvalue weighted by molar-refractivity contribution is -0.308. The van der Waals surface area contributed by atoms with E-state index in [2.05, 4.69) is 9.64 Å². The van der Waals surface area contributed by atoms with Gasteiger partial charge in [-0.25, -0.2) is 4.79 Å². The van der Waals surface area contributed by atoms with Gasteiger partial charge >= 0.3 is 18.4 Å². The molecule has 13 heteroatoms. The molecule has 0 bridgehead atoms. The number of piperazine rings is 1. The zero-order valence-electron chi connectivity index (χ0n) is 17.8. The number of aryl methyl sites for hydroxylation is 1. The van der Waals surface area contributed by atoms with Crippen molar-refractivity contribution in [3.63, 3.8) is 0 Å². The highest BCUT2D eigenvalue weighted by Gasteiger charge is 2.60. The molecule has 0 atom stereocenters. The summed E-state index contributed by atoms with van der Waals surface area (Å²) in [6.45, 7) is 5.30. The fourth-order valence-electron chi connectivity index (χ4n) is 3.91. The van der Waals surface area contributed by atoms with Crippen LogP contribution in [0.25, 0.3) is 0 Å². The van der Waals surface area contributed by atoms with Crippen LogP contribution < -0.4 is 4.90 Å². The molecule has 2 fully saturated rings. The highest BCUT2D eigenvalue weighted by molar-refractivity contribution is 6.31. The fourth-order valence-corrected chi connectivity index (χ4v) is 4.13. The van der Waals surface area contributed by atoms with E-state index in [1.54, 1.807) is 6.07 Å². The first-order valence-electron chi connectivity index (χ1n) is 10.3. The van der Waals surface area contributed by atoms with Crippen LogP contribution in [0.1, 0.15) is 11.1 Å². The summed E-state index contributed by atoms with van der Waals surface area (Å²) in [6.07, 6.45) is -17.3. The molecule has 0 aliphatic carbocycles. The predicted molar refractivity (Wildman–Crippen MR) is 108 cm³/mol. The largest absolute Gasteiger partial charge is 0.434 e. The van der Waals surface area contributed by atoms with Gasteiger partial charge in [-0.2, -0.15) is 26.3 Å². The smallest absolute Gasteiger partial charge is 0.426 e. The maximum absolute atomic E-state index is 12.7. The molecule has 2 heterocycles. The molecule has 3 rings (SSSR count). The van der Waals surface area contributed by atoms with Crippen LogP contribution in [0, 0.1) is 6.92 Å². The van der Waals surface area contributed by atoms with Crippen LogP contribution in [-0.2, 0) is 16.0 Å². The number of benzene rings is 1. The Hall–Kier alpha value is -1.92. The number of carbonyl (C=O) groups is 1. The first-order valence-corrected chi connectivity index (χ1v) is 10.7. The van der Waals surface area contributed by atoms with E-state index in [9.17, 15) is 31.1 Å². The van der Waals surface area contributed by atoms with E-state index in [1.165, 1.54) is 0 Å². The number of hydrogen-bond donors (Lipinski definition) is 0. The van der Waals surface area contributed by atoms with Gasteiger partial charge in [-0.1, -0.05) is 17.7 Å². The average Bonchev–Trinajstić information content (AvgIpc) is 2.74. The van der Waals surface area contributed by atoms with Crippen molar-refractivity contribution in [2.75, 3.05) is 57.4 Å². The highest BCUT2D eigenvalue weighted by Crippen LogP contribution is 2.36. The lowest BCUT2D eigenvalue weighted by Crippen LogP contribution is -2.52. The van der Waals surface area contributed by atoms with Crippen molar-refractivity contribution in [3.8, 4) is 0 Å². The molecule has 0 aromatic heterocycles. The maximum Gasteiger partial charge on any atom is 0.434 e. The summed E-state index contributed by atoms with van der Waals surface area (Å²) in [4.78, 5) is 16.9. The second-order valence-electron chi connectivity index (χ2n) is 7.90. The minimum atomic E-state index is -5.74. The van der Waals surface area contributed by atoms with Gasteiger partial charge in [0.05, 0.1) is 13.2 Å². The molecule has 33 heavy (non-hydrogen) atoms. The summed E-state index contributed by atoms with van der Waals surface area (Å²) in [5.74, 6) is 0. The van der Waals surface area contributed by atoms with Crippen LogP contribution in [0.2, 0.25) is 5.02 Å². The molecule has 1 aromatic rings. The fraction of sp³-hybridized carbons (Fsp3) is 0.650. The van der Waals surface area contributed by atoms with Crippen molar-refractivity contribution in [1.29, 1.82) is 0 Å². The first kappa shape index (κ1) is 25.7. The van der Waals surface area contributed by atoms with Gasteiger partial charge in [-0.15, -0.1) is 0 Å². The molecule has 1 aromatic carbocycles. The minimum absolute atomic E-state index is 0.0718. The third-order valence-corrected chi connectivity index (χ3v) is 5.93. The molecule has 0 saturated carbocycles. The van der Waals surface area contributed by atoms with Gasteiger partial charge in [-0.05, 0) is 18.6 Å². The summed E-state index contributed by atoms with van der Waals surface area (Å²) < 4.78 is 85.2. The molecule has 0 radical (unpaired) electrons. The van der Waals surface area contributed by atoms with E-state index in [0.717, 1.165) is 21.7 Å². The zero-order valence-corrected chi connectivity index (χ0v) is 18.6. The summed E-state index contributed by atoms with van der Waals surface area (Å²) in [5, 5.41) is 0.558. The van der Waals surface area contributed by atoms with Gasteiger partial charge < -0.3 is 19.3 Å². The summed E-state index contributed by atoms with van der Waals surface area (Å²) in [6, 6.07) is 3.71. The van der Waals surface area contributed by atoms with Crippen LogP contribution in [0.5, 0.6) is 0 Å². The molecule has 186 valence electrons. The number of halogens is 7. The van der Waals surface area contributed by atoms with E-state index in [-0.39, 0.29) is 26.2 Å². The molecule has 2 aliphatic heterocycles. The SMILES string of the molecule is Cc1ccc(Cl)c(CN2CCN(C(=O)OC(C(F)(F)F)C(F)(F)F)CC2)c1N1CCOCC1. The van der Waals surface area contributed by atoms with Crippen molar-refractivity contribution in [1.82, 2.24) is 9.80 Å². The lowest BCUT2D eigenvalue weighted by Gasteiger charge is -2.37. The zero-order chi connectivity index (χ0) is 24.4. The van der Waals surface area contributed by atoms with Crippen molar-refractivity contribution in [3.05, 3.63) is 28.3 Å². The number of anilines is 1. The predicted octanol–water partition coefficient (Wildman–Crippen LogP) is 4.23. The van der Waals surface area contributed by atoms with Gasteiger partial charge in [0.1, 0.15) is 0 Å². The van der Waals surface area contributed by atoms with Crippen molar-refractivity contribution in [2.24, 2.45) is 0 Å². The summed E-state index contributed by atoms with van der Waals surface area (Å²) in [5.41, 5.74) is 2.90. The average molecular weight is 504 g/mol. The number of nitrogens with zero attached hydrogens (tertiary/aromatic N) is 3. The standard InChI is InChI=1S/C20H24ClF6N3O3/c1-13-2-3-15(21)14(16(13)29-8-10-32-11-9-29)12-28-4-6-30(7-5-28)18(31)33-17(19(22,23)24)20(25,26)27/h2-3,17H,4-12H2,1H3. The number of hydrogen-bond acceptors (Lipinski definition) is 5. The van der Waals surface area contributed by atoms with E-state index < -0.39 is 24.5 Å². The molecule has 0 spiro atoms. The minimum Gasteiger partial charge on any atom is -0.426 e. The lowest BCUT2D eigenvalue weighted by atomic mass is 10.0. The Bertz CT molecular complexity index is 824. The Morgan fingerprint density at radius 2 is 1.61 bits per heavy atom. The summed E-state index contributed by atoms with van der Waals surface area (Å²) >= 11 is 6.48. The Morgan fingerprint density at radius 3 is 2.15 bits per heavy atom. The Morgan fingerprint density at radius 1 is 1.03 bits per heavy atom. The van der Waals surface area contributed by atoms with Crippen LogP contribution in [0.3, 0.4) is 0 Å². The van der Waals surface area contributed by atoms with E-state index >= 15 is 0 Å². The van der Waals surface area contributed by atoms with Crippen molar-refractivity contribution < 1.29 is 40.6 Å². The molecule has 2 aliphatic rings. The second kappa shape index (κ2) is 10.1. The molecule has 6 nitrogen and oxygen atoms in total. The number of carbonyl (C=O) groups excluding carboxylic acids is 1. The first-order chi connectivity index (χ1) is 15.4. The normalized spacial score (nSPS) is 18.7. The number of amides is 1. The Labute approximate surface area is 191 Å². The summed E-state index contributed by atoms with van der Waals surface area (Å²) in [7, 11) is 0. The topological polar surface area (TPSA) is 45.2 Å². The second-order valence-corrected chi connectivity index (χ2v) is 8.31. The molecule has 0 N–H and O–H groups in total. The van der Waals surface area contributed by atoms with Crippen LogP contribution in [0.15, 0.2) is 12.1 Å². The number of alkyl halides is 6. The number of morpholine rings is 1. The molecular weight excluding hydrogens is 480 g/mol. The number of rotatable bonds is 4. The number of ether oxygens (including phenoxy) is 2. The Kier molecular flexibility index (Phi) is 7.90. The Balaban J connectivity index is 1.64. The van der Waals surface area contributed by atoms with Crippen LogP contribution in [0.4, 0.5) is 36.8 Å². The van der Waals surface area contributed by atoms with E-state index in [4.69, 9.17) is 16.3 Å². The van der Waals surface area contributed by atoms with Gasteiger partial charge in [-0.3, -0.25) is 4.90 Å². The molecular formula is C20H24ClF6N3O3. The van der Waals surface area contributed by atoms with Gasteiger partial charge in [0.15, 0.2) is 0 Å². The van der Waals surface area contributed by atoms with Crippen molar-refractivity contribution in [2.45, 2.75) is 31.9 Å². The van der Waals surface area contributed by atoms with Crippen molar-refractivity contribution >= 4 is 23.4 Å². The van der Waals surface area contributed by atoms with Crippen LogP contribution in [-0.4, -0.2) is 86.8 Å².